The molecule has 13 heavy (non-hydrogen) atoms. The van der Waals surface area contributed by atoms with Gasteiger partial charge in [0.05, 0.1) is 0 Å². The van der Waals surface area contributed by atoms with E-state index in [9.17, 15) is 4.79 Å². The summed E-state index contributed by atoms with van der Waals surface area (Å²) in [6.45, 7) is 0.836. The van der Waals surface area contributed by atoms with Gasteiger partial charge < -0.3 is 4.90 Å². The van der Waals surface area contributed by atoms with Crippen LogP contribution < -0.4 is 11.3 Å². The van der Waals surface area contributed by atoms with E-state index >= 15 is 0 Å². The Morgan fingerprint density at radius 1 is 1.46 bits per heavy atom. The van der Waals surface area contributed by atoms with E-state index in [2.05, 4.69) is 5.43 Å². The molecule has 1 fully saturated rings. The average molecular weight is 185 g/mol. The third kappa shape index (κ3) is 3.22. The third-order valence-corrected chi connectivity index (χ3v) is 2.73. The lowest BCUT2D eigenvalue weighted by molar-refractivity contribution is 0.192. The molecule has 0 aromatic heterocycles. The molecule has 4 heteroatoms. The van der Waals surface area contributed by atoms with Crippen molar-refractivity contribution in [2.24, 2.45) is 11.8 Å². The molecule has 76 valence electrons. The Hall–Kier alpha value is -0.770. The molecule has 0 saturated heterocycles. The first-order valence-corrected chi connectivity index (χ1v) is 4.95. The molecule has 0 radical (unpaired) electrons. The van der Waals surface area contributed by atoms with Crippen molar-refractivity contribution >= 4 is 6.03 Å². The van der Waals surface area contributed by atoms with Crippen LogP contribution in [-0.2, 0) is 0 Å². The Balaban J connectivity index is 2.25. The lowest BCUT2D eigenvalue weighted by Crippen LogP contribution is -2.43. The molecule has 0 unspecified atom stereocenters. The zero-order chi connectivity index (χ0) is 9.68. The molecule has 0 aromatic rings. The highest BCUT2D eigenvalue weighted by atomic mass is 16.2. The average Bonchev–Trinajstić information content (AvgIpc) is 2.18. The summed E-state index contributed by atoms with van der Waals surface area (Å²) in [6.07, 6.45) is 6.47. The van der Waals surface area contributed by atoms with Crippen molar-refractivity contribution in [2.75, 3.05) is 13.6 Å². The van der Waals surface area contributed by atoms with Crippen LogP contribution >= 0.6 is 0 Å². The highest BCUT2D eigenvalue weighted by Gasteiger charge is 2.17. The summed E-state index contributed by atoms with van der Waals surface area (Å²) in [5, 5.41) is 0. The summed E-state index contributed by atoms with van der Waals surface area (Å²) in [7, 11) is 1.79. The molecule has 1 saturated carbocycles. The number of hydrazine groups is 1. The van der Waals surface area contributed by atoms with Crippen LogP contribution in [0.1, 0.15) is 32.1 Å². The molecule has 3 N–H and O–H groups in total. The Bertz CT molecular complexity index is 166. The standard InChI is InChI=1S/C9H19N3O/c1-12(9(13)11-10)7-8-5-3-2-4-6-8/h8H,2-7,10H2,1H3,(H,11,13). The molecule has 0 aliphatic heterocycles. The van der Waals surface area contributed by atoms with E-state index in [1.807, 2.05) is 0 Å². The fourth-order valence-electron chi connectivity index (χ4n) is 1.95. The number of amides is 2. The minimum Gasteiger partial charge on any atom is -0.327 e. The van der Waals surface area contributed by atoms with Gasteiger partial charge in [0.15, 0.2) is 0 Å². The SMILES string of the molecule is CN(CC1CCCCC1)C(=O)NN. The van der Waals surface area contributed by atoms with Gasteiger partial charge in [0.1, 0.15) is 0 Å². The van der Waals surface area contributed by atoms with E-state index in [1.54, 1.807) is 11.9 Å². The van der Waals surface area contributed by atoms with Crippen LogP contribution in [0.25, 0.3) is 0 Å². The number of carbonyl (C=O) groups is 1. The smallest absolute Gasteiger partial charge is 0.327 e. The summed E-state index contributed by atoms with van der Waals surface area (Å²) >= 11 is 0. The maximum Gasteiger partial charge on any atom is 0.331 e. The zero-order valence-corrected chi connectivity index (χ0v) is 8.25. The quantitative estimate of drug-likeness (QED) is 0.384. The highest BCUT2D eigenvalue weighted by Crippen LogP contribution is 2.23. The maximum absolute atomic E-state index is 11.1. The topological polar surface area (TPSA) is 58.4 Å². The van der Waals surface area contributed by atoms with Crippen LogP contribution in [-0.4, -0.2) is 24.5 Å². The van der Waals surface area contributed by atoms with Gasteiger partial charge in [-0.15, -0.1) is 0 Å². The molecule has 0 heterocycles. The Kier molecular flexibility index (Phi) is 4.02. The van der Waals surface area contributed by atoms with Gasteiger partial charge >= 0.3 is 6.03 Å². The number of hydrogen-bond donors (Lipinski definition) is 2. The largest absolute Gasteiger partial charge is 0.331 e. The molecule has 4 nitrogen and oxygen atoms in total. The van der Waals surface area contributed by atoms with Crippen molar-refractivity contribution in [1.82, 2.24) is 10.3 Å². The number of nitrogens with two attached hydrogens (primary N) is 1. The molecule has 0 bridgehead atoms. The third-order valence-electron chi connectivity index (χ3n) is 2.73. The number of rotatable bonds is 2. The predicted molar refractivity (Wildman–Crippen MR) is 51.9 cm³/mol. The molecule has 0 atom stereocenters. The first-order chi connectivity index (χ1) is 6.24. The van der Waals surface area contributed by atoms with E-state index in [1.165, 1.54) is 32.1 Å². The maximum atomic E-state index is 11.1. The van der Waals surface area contributed by atoms with E-state index in [0.29, 0.717) is 5.92 Å². The van der Waals surface area contributed by atoms with Gasteiger partial charge in [0.25, 0.3) is 0 Å². The van der Waals surface area contributed by atoms with Crippen molar-refractivity contribution in [3.63, 3.8) is 0 Å². The normalized spacial score (nSPS) is 18.3. The molecule has 1 rings (SSSR count). The Labute approximate surface area is 79.4 Å². The highest BCUT2D eigenvalue weighted by molar-refractivity contribution is 5.73. The molecular weight excluding hydrogens is 166 g/mol. The van der Waals surface area contributed by atoms with Gasteiger partial charge in [-0.25, -0.2) is 10.6 Å². The Morgan fingerprint density at radius 2 is 2.08 bits per heavy atom. The second-order valence-electron chi connectivity index (χ2n) is 3.83. The number of carbonyl (C=O) groups excluding carboxylic acids is 1. The number of hydrogen-bond acceptors (Lipinski definition) is 2. The molecular formula is C9H19N3O. The first-order valence-electron chi connectivity index (χ1n) is 4.95. The summed E-state index contributed by atoms with van der Waals surface area (Å²) < 4.78 is 0. The van der Waals surface area contributed by atoms with Crippen LogP contribution in [0, 0.1) is 5.92 Å². The predicted octanol–water partition coefficient (Wildman–Crippen LogP) is 1.08. The molecule has 0 aromatic carbocycles. The molecule has 2 amide bonds. The summed E-state index contributed by atoms with van der Waals surface area (Å²) in [4.78, 5) is 12.7. The number of nitrogens with zero attached hydrogens (tertiary/aromatic N) is 1. The second-order valence-corrected chi connectivity index (χ2v) is 3.83. The number of nitrogens with one attached hydrogen (secondary N) is 1. The first kappa shape index (κ1) is 10.3. The van der Waals surface area contributed by atoms with Crippen molar-refractivity contribution < 1.29 is 4.79 Å². The van der Waals surface area contributed by atoms with E-state index in [0.717, 1.165) is 6.54 Å². The fourth-order valence-corrected chi connectivity index (χ4v) is 1.95. The van der Waals surface area contributed by atoms with Gasteiger partial charge in [0, 0.05) is 13.6 Å². The molecule has 0 spiro atoms. The molecule has 1 aliphatic rings. The summed E-state index contributed by atoms with van der Waals surface area (Å²) in [5.41, 5.74) is 2.14. The second kappa shape index (κ2) is 5.07. The van der Waals surface area contributed by atoms with Crippen molar-refractivity contribution in [3.05, 3.63) is 0 Å². The van der Waals surface area contributed by atoms with Gasteiger partial charge in [-0.2, -0.15) is 0 Å². The number of urea groups is 1. The van der Waals surface area contributed by atoms with Crippen LogP contribution in [0.5, 0.6) is 0 Å². The fraction of sp³-hybridized carbons (Fsp3) is 0.889. The van der Waals surface area contributed by atoms with Gasteiger partial charge in [-0.05, 0) is 18.8 Å². The van der Waals surface area contributed by atoms with Crippen molar-refractivity contribution in [2.45, 2.75) is 32.1 Å². The van der Waals surface area contributed by atoms with Gasteiger partial charge in [-0.3, -0.25) is 5.43 Å². The van der Waals surface area contributed by atoms with E-state index in [-0.39, 0.29) is 6.03 Å². The monoisotopic (exact) mass is 185 g/mol. The van der Waals surface area contributed by atoms with Crippen molar-refractivity contribution in [3.8, 4) is 0 Å². The minimum atomic E-state index is -0.189. The van der Waals surface area contributed by atoms with Crippen LogP contribution in [0.2, 0.25) is 0 Å². The van der Waals surface area contributed by atoms with E-state index < -0.39 is 0 Å². The van der Waals surface area contributed by atoms with Crippen LogP contribution in [0.4, 0.5) is 4.79 Å². The van der Waals surface area contributed by atoms with Crippen molar-refractivity contribution in [1.29, 1.82) is 0 Å². The lowest BCUT2D eigenvalue weighted by Gasteiger charge is -2.26. The summed E-state index contributed by atoms with van der Waals surface area (Å²) in [6, 6.07) is -0.189. The minimum absolute atomic E-state index is 0.189. The van der Waals surface area contributed by atoms with Gasteiger partial charge in [-0.1, -0.05) is 19.3 Å². The molecule has 1 aliphatic carbocycles. The zero-order valence-electron chi connectivity index (χ0n) is 8.25. The van der Waals surface area contributed by atoms with Gasteiger partial charge in [0.2, 0.25) is 0 Å². The lowest BCUT2D eigenvalue weighted by atomic mass is 9.89. The Morgan fingerprint density at radius 3 is 2.62 bits per heavy atom. The van der Waals surface area contributed by atoms with Crippen LogP contribution in [0.15, 0.2) is 0 Å². The summed E-state index contributed by atoms with van der Waals surface area (Å²) in [5.74, 6) is 5.71. The van der Waals surface area contributed by atoms with E-state index in [4.69, 9.17) is 5.84 Å². The van der Waals surface area contributed by atoms with Crippen LogP contribution in [0.3, 0.4) is 0 Å².